The number of hydrogen-bond donors (Lipinski definition) is 0. The first-order valence-corrected chi connectivity index (χ1v) is 6.54. The molecule has 0 aliphatic carbocycles. The van der Waals surface area contributed by atoms with Gasteiger partial charge in [-0.15, -0.1) is 0 Å². The molecule has 0 unspecified atom stereocenters. The molecule has 0 amide bonds. The lowest BCUT2D eigenvalue weighted by Gasteiger charge is -2.32. The van der Waals surface area contributed by atoms with Gasteiger partial charge >= 0.3 is 7.12 Å². The SMILES string of the molecule is [2H]c1nn(-c2c([2H])c([2H])c(C([2H])([2H])[2H])c([2H])c2[2H])c([2H])c1B1OC(C)(C)C(C)(C)O1. The van der Waals surface area contributed by atoms with Crippen LogP contribution in [0.1, 0.15) is 45.6 Å². The van der Waals surface area contributed by atoms with Crippen LogP contribution < -0.4 is 5.46 Å². The van der Waals surface area contributed by atoms with E-state index in [1.165, 1.54) is 0 Å². The fourth-order valence-corrected chi connectivity index (χ4v) is 1.85. The van der Waals surface area contributed by atoms with Crippen LogP contribution in [0.4, 0.5) is 0 Å². The molecule has 2 heterocycles. The summed E-state index contributed by atoms with van der Waals surface area (Å²) in [4.78, 5) is 0. The second-order valence-corrected chi connectivity index (χ2v) is 5.86. The van der Waals surface area contributed by atoms with Crippen molar-refractivity contribution in [1.82, 2.24) is 9.78 Å². The van der Waals surface area contributed by atoms with E-state index in [4.69, 9.17) is 21.6 Å². The third-order valence-electron chi connectivity index (χ3n) is 3.81. The zero-order valence-corrected chi connectivity index (χ0v) is 12.3. The molecule has 1 aromatic heterocycles. The Balaban J connectivity index is 2.20. The Morgan fingerprint density at radius 2 is 1.76 bits per heavy atom. The second kappa shape index (κ2) is 4.72. The summed E-state index contributed by atoms with van der Waals surface area (Å²) in [5.41, 5.74) is -2.62. The van der Waals surface area contributed by atoms with Gasteiger partial charge < -0.3 is 9.31 Å². The molecule has 1 aliphatic rings. The van der Waals surface area contributed by atoms with E-state index in [1.807, 2.05) is 0 Å². The Morgan fingerprint density at radius 1 is 1.14 bits per heavy atom. The van der Waals surface area contributed by atoms with Gasteiger partial charge in [0, 0.05) is 21.9 Å². The standard InChI is InChI=1S/C16H21BN2O2/c1-12-6-8-14(9-7-12)19-11-13(10-18-19)17-20-15(2,3)16(4,5)21-17/h6-11H,1-5H3/i1D3,6D,7D,8D,9D,10D,11D. The highest BCUT2D eigenvalue weighted by Gasteiger charge is 2.52. The minimum atomic E-state index is -2.85. The lowest BCUT2D eigenvalue weighted by Crippen LogP contribution is -2.41. The molecule has 110 valence electrons. The Morgan fingerprint density at radius 3 is 2.33 bits per heavy atom. The summed E-state index contributed by atoms with van der Waals surface area (Å²) in [6, 6.07) is -2.83. The van der Waals surface area contributed by atoms with E-state index in [2.05, 4.69) is 5.10 Å². The lowest BCUT2D eigenvalue weighted by molar-refractivity contribution is 0.00578. The van der Waals surface area contributed by atoms with Crippen LogP contribution in [0.5, 0.6) is 0 Å². The van der Waals surface area contributed by atoms with Gasteiger partial charge in [-0.3, -0.25) is 0 Å². The maximum Gasteiger partial charge on any atom is 0.498 e. The molecule has 0 atom stereocenters. The summed E-state index contributed by atoms with van der Waals surface area (Å²) in [5, 5.41) is 3.90. The van der Waals surface area contributed by atoms with E-state index in [1.54, 1.807) is 27.7 Å². The predicted octanol–water partition coefficient (Wildman–Crippen LogP) is 2.48. The zero-order valence-electron chi connectivity index (χ0n) is 21.3. The van der Waals surface area contributed by atoms with Crippen molar-refractivity contribution in [3.05, 3.63) is 42.1 Å². The molecule has 4 nitrogen and oxygen atoms in total. The van der Waals surface area contributed by atoms with Crippen molar-refractivity contribution < 1.29 is 21.6 Å². The quantitative estimate of drug-likeness (QED) is 0.798. The van der Waals surface area contributed by atoms with Crippen LogP contribution in [0.2, 0.25) is 0 Å². The van der Waals surface area contributed by atoms with Crippen LogP contribution >= 0.6 is 0 Å². The topological polar surface area (TPSA) is 36.3 Å². The molecule has 5 heteroatoms. The third-order valence-corrected chi connectivity index (χ3v) is 3.81. The first-order valence-electron chi connectivity index (χ1n) is 11.0. The summed E-state index contributed by atoms with van der Waals surface area (Å²) < 4.78 is 84.1. The molecule has 21 heavy (non-hydrogen) atoms. The van der Waals surface area contributed by atoms with Crippen LogP contribution in [0.15, 0.2) is 36.5 Å². The highest BCUT2D eigenvalue weighted by atomic mass is 16.7. The molecule has 3 rings (SSSR count). The fourth-order valence-electron chi connectivity index (χ4n) is 1.85. The predicted molar refractivity (Wildman–Crippen MR) is 84.0 cm³/mol. The highest BCUT2D eigenvalue weighted by molar-refractivity contribution is 6.62. The van der Waals surface area contributed by atoms with E-state index >= 15 is 0 Å². The summed E-state index contributed by atoms with van der Waals surface area (Å²) in [6.45, 7) is 4.38. The first kappa shape index (κ1) is 7.12. The van der Waals surface area contributed by atoms with Crippen LogP contribution in [0.3, 0.4) is 0 Å². The first-order chi connectivity index (χ1) is 13.5. The van der Waals surface area contributed by atoms with Gasteiger partial charge in [-0.05, 0) is 46.6 Å². The molecular weight excluding hydrogens is 263 g/mol. The molecule has 1 fully saturated rings. The zero-order chi connectivity index (χ0) is 23.0. The molecule has 0 N–H and O–H groups in total. The summed E-state index contributed by atoms with van der Waals surface area (Å²) in [7, 11) is -1.08. The van der Waals surface area contributed by atoms with Crippen molar-refractivity contribution in [3.8, 4) is 5.69 Å². The lowest BCUT2D eigenvalue weighted by atomic mass is 9.82. The van der Waals surface area contributed by atoms with E-state index in [9.17, 15) is 0 Å². The molecule has 0 spiro atoms. The molecule has 1 saturated heterocycles. The maximum atomic E-state index is 8.46. The molecule has 1 aliphatic heterocycles. The third kappa shape index (κ3) is 2.52. The Kier molecular flexibility index (Phi) is 1.60. The van der Waals surface area contributed by atoms with E-state index in [-0.39, 0.29) is 11.6 Å². The maximum absolute atomic E-state index is 8.46. The van der Waals surface area contributed by atoms with Crippen molar-refractivity contribution in [2.45, 2.75) is 45.7 Å². The largest absolute Gasteiger partial charge is 0.498 e. The Hall–Kier alpha value is -1.59. The molecule has 0 saturated carbocycles. The van der Waals surface area contributed by atoms with Gasteiger partial charge in [-0.25, -0.2) is 4.68 Å². The van der Waals surface area contributed by atoms with Crippen LogP contribution in [0.25, 0.3) is 5.69 Å². The number of rotatable bonds is 2. The second-order valence-electron chi connectivity index (χ2n) is 5.86. The van der Waals surface area contributed by atoms with Crippen LogP contribution in [-0.2, 0) is 9.31 Å². The van der Waals surface area contributed by atoms with Gasteiger partial charge in [0.15, 0.2) is 0 Å². The van der Waals surface area contributed by atoms with Crippen molar-refractivity contribution in [2.75, 3.05) is 0 Å². The molecule has 0 radical (unpaired) electrons. The summed E-state index contributed by atoms with van der Waals surface area (Å²) >= 11 is 0. The van der Waals surface area contributed by atoms with Crippen LogP contribution in [0, 0.1) is 6.85 Å². The average molecular weight is 293 g/mol. The van der Waals surface area contributed by atoms with Gasteiger partial charge in [0.25, 0.3) is 0 Å². The van der Waals surface area contributed by atoms with Crippen molar-refractivity contribution in [1.29, 1.82) is 0 Å². The van der Waals surface area contributed by atoms with Gasteiger partial charge in [0.05, 0.1) is 25.1 Å². The van der Waals surface area contributed by atoms with Crippen molar-refractivity contribution in [2.24, 2.45) is 0 Å². The van der Waals surface area contributed by atoms with Crippen molar-refractivity contribution in [3.63, 3.8) is 0 Å². The minimum Gasteiger partial charge on any atom is -0.399 e. The number of nitrogens with zero attached hydrogens (tertiary/aromatic N) is 2. The summed E-state index contributed by atoms with van der Waals surface area (Å²) in [5.74, 6) is 0. The minimum absolute atomic E-state index is 0.0228. The fraction of sp³-hybridized carbons (Fsp3) is 0.438. The Bertz CT molecular complexity index is 988. The smallest absolute Gasteiger partial charge is 0.399 e. The van der Waals surface area contributed by atoms with Gasteiger partial charge in [-0.2, -0.15) is 5.10 Å². The molecular formula is C16H21BN2O2. The summed E-state index contributed by atoms with van der Waals surface area (Å²) in [6.07, 6.45) is -0.781. The van der Waals surface area contributed by atoms with Crippen LogP contribution in [-0.4, -0.2) is 28.1 Å². The molecule has 1 aromatic carbocycles. The Labute approximate surface area is 138 Å². The van der Waals surface area contributed by atoms with Crippen molar-refractivity contribution >= 4 is 12.6 Å². The molecule has 2 aromatic rings. The van der Waals surface area contributed by atoms with Gasteiger partial charge in [0.1, 0.15) is 0 Å². The van der Waals surface area contributed by atoms with E-state index < -0.39 is 66.8 Å². The number of aromatic nitrogens is 2. The van der Waals surface area contributed by atoms with Gasteiger partial charge in [0.2, 0.25) is 0 Å². The van der Waals surface area contributed by atoms with E-state index in [0.717, 1.165) is 4.68 Å². The number of benzene rings is 1. The molecule has 0 bridgehead atoms. The van der Waals surface area contributed by atoms with Gasteiger partial charge in [-0.1, -0.05) is 17.6 Å². The highest BCUT2D eigenvalue weighted by Crippen LogP contribution is 2.36. The monoisotopic (exact) mass is 293 g/mol. The normalized spacial score (nSPS) is 26.7. The average Bonchev–Trinajstić information content (AvgIpc) is 2.96. The number of hydrogen-bond acceptors (Lipinski definition) is 3. The van der Waals surface area contributed by atoms with E-state index in [0.29, 0.717) is 0 Å².